The summed E-state index contributed by atoms with van der Waals surface area (Å²) in [6.07, 6.45) is 0. The Labute approximate surface area is 137 Å². The Balaban J connectivity index is 1.69. The van der Waals surface area contributed by atoms with E-state index in [1.165, 1.54) is 4.90 Å². The first-order valence-corrected chi connectivity index (χ1v) is 8.09. The lowest BCUT2D eigenvalue weighted by atomic mass is 10.1. The van der Waals surface area contributed by atoms with Gasteiger partial charge in [0.15, 0.2) is 0 Å². The van der Waals surface area contributed by atoms with Crippen molar-refractivity contribution in [2.24, 2.45) is 0 Å². The molecular weight excluding hydrogens is 316 g/mol. The molecule has 3 rings (SSSR count). The number of urea groups is 1. The minimum atomic E-state index is -0.482. The molecule has 0 bridgehead atoms. The first-order valence-electron chi connectivity index (χ1n) is 7.21. The number of amides is 3. The molecule has 1 atom stereocenters. The van der Waals surface area contributed by atoms with E-state index in [1.807, 2.05) is 31.2 Å². The first-order chi connectivity index (χ1) is 11.0. The number of rotatable bonds is 4. The summed E-state index contributed by atoms with van der Waals surface area (Å²) in [5, 5.41) is 10.4. The SMILES string of the molecule is Cc1cccc(-c2nnc(S[C@H](C)C(=O)N3CCNC3=O)o2)c1. The second-order valence-corrected chi connectivity index (χ2v) is 6.52. The molecule has 0 spiro atoms. The van der Waals surface area contributed by atoms with Crippen LogP contribution < -0.4 is 5.32 Å². The Hall–Kier alpha value is -2.35. The third-order valence-electron chi connectivity index (χ3n) is 3.42. The van der Waals surface area contributed by atoms with Gasteiger partial charge >= 0.3 is 6.03 Å². The molecule has 7 nitrogen and oxygen atoms in total. The van der Waals surface area contributed by atoms with Gasteiger partial charge in [-0.05, 0) is 26.0 Å². The molecule has 2 heterocycles. The quantitative estimate of drug-likeness (QED) is 0.862. The number of nitrogens with one attached hydrogen (secondary N) is 1. The van der Waals surface area contributed by atoms with Crippen LogP contribution in [-0.2, 0) is 4.79 Å². The Morgan fingerprint density at radius 2 is 2.26 bits per heavy atom. The van der Waals surface area contributed by atoms with Crippen LogP contribution in [0.25, 0.3) is 11.5 Å². The van der Waals surface area contributed by atoms with Crippen LogP contribution in [0.3, 0.4) is 0 Å². The number of thioether (sulfide) groups is 1. The van der Waals surface area contributed by atoms with E-state index in [-0.39, 0.29) is 11.9 Å². The maximum atomic E-state index is 12.2. The maximum Gasteiger partial charge on any atom is 0.324 e. The molecular formula is C15H16N4O3S. The van der Waals surface area contributed by atoms with Gasteiger partial charge in [0.05, 0.1) is 5.25 Å². The summed E-state index contributed by atoms with van der Waals surface area (Å²) < 4.78 is 5.60. The number of hydrogen-bond acceptors (Lipinski definition) is 6. The highest BCUT2D eigenvalue weighted by molar-refractivity contribution is 8.00. The van der Waals surface area contributed by atoms with Gasteiger partial charge in [-0.1, -0.05) is 29.5 Å². The summed E-state index contributed by atoms with van der Waals surface area (Å²) in [5.74, 6) is 0.148. The van der Waals surface area contributed by atoms with Gasteiger partial charge in [-0.25, -0.2) is 4.79 Å². The number of carbonyl (C=O) groups is 2. The van der Waals surface area contributed by atoms with Gasteiger partial charge in [-0.15, -0.1) is 10.2 Å². The molecule has 1 aromatic carbocycles. The average Bonchev–Trinajstić information content (AvgIpc) is 3.15. The molecule has 0 radical (unpaired) electrons. The van der Waals surface area contributed by atoms with E-state index < -0.39 is 5.25 Å². The van der Waals surface area contributed by atoms with Gasteiger partial charge < -0.3 is 9.73 Å². The lowest BCUT2D eigenvalue weighted by Gasteiger charge is -2.15. The van der Waals surface area contributed by atoms with Crippen molar-refractivity contribution in [3.05, 3.63) is 29.8 Å². The maximum absolute atomic E-state index is 12.2. The molecule has 23 heavy (non-hydrogen) atoms. The third kappa shape index (κ3) is 3.37. The van der Waals surface area contributed by atoms with E-state index in [0.717, 1.165) is 22.9 Å². The number of aryl methyl sites for hydroxylation is 1. The minimum Gasteiger partial charge on any atom is -0.411 e. The largest absolute Gasteiger partial charge is 0.411 e. The highest BCUT2D eigenvalue weighted by Gasteiger charge is 2.31. The van der Waals surface area contributed by atoms with Crippen molar-refractivity contribution in [1.29, 1.82) is 0 Å². The zero-order valence-corrected chi connectivity index (χ0v) is 13.6. The van der Waals surface area contributed by atoms with Crippen LogP contribution in [0.15, 0.2) is 33.9 Å². The summed E-state index contributed by atoms with van der Waals surface area (Å²) in [6.45, 7) is 4.58. The first kappa shape index (κ1) is 15.5. The molecule has 1 aliphatic rings. The Morgan fingerprint density at radius 3 is 2.96 bits per heavy atom. The Bertz CT molecular complexity index is 746. The number of aromatic nitrogens is 2. The molecule has 2 aromatic rings. The van der Waals surface area contributed by atoms with E-state index in [1.54, 1.807) is 6.92 Å². The fourth-order valence-corrected chi connectivity index (χ4v) is 3.00. The summed E-state index contributed by atoms with van der Waals surface area (Å²) >= 11 is 1.15. The van der Waals surface area contributed by atoms with Gasteiger partial charge in [0.1, 0.15) is 0 Å². The fraction of sp³-hybridized carbons (Fsp3) is 0.333. The van der Waals surface area contributed by atoms with Crippen molar-refractivity contribution in [1.82, 2.24) is 20.4 Å². The van der Waals surface area contributed by atoms with Crippen molar-refractivity contribution >= 4 is 23.7 Å². The second kappa shape index (κ2) is 6.41. The third-order valence-corrected chi connectivity index (χ3v) is 4.34. The zero-order chi connectivity index (χ0) is 16.4. The number of nitrogens with zero attached hydrogens (tertiary/aromatic N) is 3. The topological polar surface area (TPSA) is 88.3 Å². The number of imide groups is 1. The molecule has 0 unspecified atom stereocenters. The van der Waals surface area contributed by atoms with Crippen LogP contribution in [0.2, 0.25) is 0 Å². The monoisotopic (exact) mass is 332 g/mol. The van der Waals surface area contributed by atoms with Crippen molar-refractivity contribution in [3.8, 4) is 11.5 Å². The van der Waals surface area contributed by atoms with E-state index >= 15 is 0 Å². The fourth-order valence-electron chi connectivity index (χ4n) is 2.26. The van der Waals surface area contributed by atoms with Gasteiger partial charge in [0.25, 0.3) is 5.22 Å². The summed E-state index contributed by atoms with van der Waals surface area (Å²) in [7, 11) is 0. The number of benzene rings is 1. The molecule has 8 heteroatoms. The molecule has 3 amide bonds. The van der Waals surface area contributed by atoms with Crippen molar-refractivity contribution < 1.29 is 14.0 Å². The lowest BCUT2D eigenvalue weighted by molar-refractivity contribution is -0.126. The Morgan fingerprint density at radius 1 is 1.43 bits per heavy atom. The molecule has 120 valence electrons. The smallest absolute Gasteiger partial charge is 0.324 e. The average molecular weight is 332 g/mol. The summed E-state index contributed by atoms with van der Waals surface area (Å²) in [5.41, 5.74) is 1.93. The van der Waals surface area contributed by atoms with Crippen molar-refractivity contribution in [3.63, 3.8) is 0 Å². The van der Waals surface area contributed by atoms with Gasteiger partial charge in [-0.2, -0.15) is 0 Å². The Kier molecular flexibility index (Phi) is 4.33. The molecule has 1 N–H and O–H groups in total. The van der Waals surface area contributed by atoms with Crippen LogP contribution in [0, 0.1) is 6.92 Å². The summed E-state index contributed by atoms with van der Waals surface area (Å²) in [6, 6.07) is 7.38. The van der Waals surface area contributed by atoms with E-state index in [9.17, 15) is 9.59 Å². The molecule has 0 saturated carbocycles. The minimum absolute atomic E-state index is 0.264. The lowest BCUT2D eigenvalue weighted by Crippen LogP contribution is -2.38. The van der Waals surface area contributed by atoms with E-state index in [0.29, 0.717) is 24.2 Å². The van der Waals surface area contributed by atoms with Crippen LogP contribution in [0.1, 0.15) is 12.5 Å². The van der Waals surface area contributed by atoms with Gasteiger partial charge in [0.2, 0.25) is 11.8 Å². The van der Waals surface area contributed by atoms with Gasteiger partial charge in [0, 0.05) is 18.7 Å². The highest BCUT2D eigenvalue weighted by Crippen LogP contribution is 2.27. The normalized spacial score (nSPS) is 15.6. The van der Waals surface area contributed by atoms with Crippen molar-refractivity contribution in [2.75, 3.05) is 13.1 Å². The zero-order valence-electron chi connectivity index (χ0n) is 12.8. The van der Waals surface area contributed by atoms with E-state index in [4.69, 9.17) is 4.42 Å². The predicted octanol–water partition coefficient (Wildman–Crippen LogP) is 2.08. The van der Waals surface area contributed by atoms with Crippen LogP contribution in [0.4, 0.5) is 4.79 Å². The van der Waals surface area contributed by atoms with Gasteiger partial charge in [-0.3, -0.25) is 9.69 Å². The highest BCUT2D eigenvalue weighted by atomic mass is 32.2. The molecule has 1 saturated heterocycles. The summed E-state index contributed by atoms with van der Waals surface area (Å²) in [4.78, 5) is 25.0. The molecule has 1 aromatic heterocycles. The second-order valence-electron chi connectivity index (χ2n) is 5.22. The standard InChI is InChI=1S/C15H16N4O3S/c1-9-4-3-5-11(8-9)12-17-18-15(22-12)23-10(2)13(20)19-7-6-16-14(19)21/h3-5,8,10H,6-7H2,1-2H3,(H,16,21)/t10-/m1/s1. The van der Waals surface area contributed by atoms with Crippen molar-refractivity contribution in [2.45, 2.75) is 24.3 Å². The van der Waals surface area contributed by atoms with Crippen LogP contribution in [-0.4, -0.2) is 45.4 Å². The molecule has 1 aliphatic heterocycles. The predicted molar refractivity (Wildman–Crippen MR) is 84.9 cm³/mol. The van der Waals surface area contributed by atoms with E-state index in [2.05, 4.69) is 15.5 Å². The van der Waals surface area contributed by atoms with Crippen LogP contribution in [0.5, 0.6) is 0 Å². The van der Waals surface area contributed by atoms with Crippen LogP contribution >= 0.6 is 11.8 Å². The number of hydrogen-bond donors (Lipinski definition) is 1. The molecule has 0 aliphatic carbocycles. The number of carbonyl (C=O) groups excluding carboxylic acids is 2. The molecule has 1 fully saturated rings.